The summed E-state index contributed by atoms with van der Waals surface area (Å²) < 4.78 is 20.1. The normalized spacial score (nSPS) is 24.3. The molecule has 2 heterocycles. The Labute approximate surface area is 197 Å². The number of halogens is 2. The number of rotatable bonds is 7. The molecule has 2 aromatic rings. The highest BCUT2D eigenvalue weighted by atomic mass is 35.5. The number of hydrogen-bond donors (Lipinski definition) is 4. The van der Waals surface area contributed by atoms with Crippen molar-refractivity contribution in [3.05, 3.63) is 58.6 Å². The minimum absolute atomic E-state index is 0.0461. The van der Waals surface area contributed by atoms with Gasteiger partial charge in [-0.15, -0.1) is 0 Å². The Morgan fingerprint density at radius 3 is 2.67 bits per heavy atom. The Balaban J connectivity index is 1.94. The van der Waals surface area contributed by atoms with Gasteiger partial charge in [0.15, 0.2) is 0 Å². The molecule has 0 bridgehead atoms. The maximum absolute atomic E-state index is 15.0. The Morgan fingerprint density at radius 2 is 2.03 bits per heavy atom. The highest BCUT2D eigenvalue weighted by molar-refractivity contribution is 6.30. The standard InChI is InChI=1S/C23H29ClFN5O3/c1-21(2)20(26)30-22(3,13-23(21,32)28-9-10-33-4)16-11-15(6-7-17(16)25)29-19(31)18-8-5-14(24)12-27-18/h5-8,11-12,28,32H,9-10,13H2,1-4H3,(H2,26,30)(H,29,31)/t22-,23-/m0/s1. The minimum Gasteiger partial charge on any atom is -0.387 e. The Morgan fingerprint density at radius 1 is 1.30 bits per heavy atom. The molecule has 178 valence electrons. The molecule has 3 rings (SSSR count). The topological polar surface area (TPSA) is 122 Å². The number of carbonyl (C=O) groups excluding carboxylic acids is 1. The molecular weight excluding hydrogens is 449 g/mol. The molecular formula is C23H29ClFN5O3. The number of ether oxygens (including phenoxy) is 1. The summed E-state index contributed by atoms with van der Waals surface area (Å²) in [6.45, 7) is 5.99. The smallest absolute Gasteiger partial charge is 0.274 e. The summed E-state index contributed by atoms with van der Waals surface area (Å²) in [5.41, 5.74) is 3.38. The van der Waals surface area contributed by atoms with Gasteiger partial charge in [-0.2, -0.15) is 0 Å². The van der Waals surface area contributed by atoms with Crippen molar-refractivity contribution in [2.75, 3.05) is 25.6 Å². The Bertz CT molecular complexity index is 1060. The lowest BCUT2D eigenvalue weighted by Crippen LogP contribution is -2.66. The van der Waals surface area contributed by atoms with Crippen LogP contribution in [-0.4, -0.2) is 47.8 Å². The van der Waals surface area contributed by atoms with Gasteiger partial charge in [-0.05, 0) is 51.1 Å². The molecule has 0 fully saturated rings. The lowest BCUT2D eigenvalue weighted by atomic mass is 9.68. The van der Waals surface area contributed by atoms with E-state index >= 15 is 4.39 Å². The third-order valence-electron chi connectivity index (χ3n) is 6.13. The quantitative estimate of drug-likeness (QED) is 0.359. The summed E-state index contributed by atoms with van der Waals surface area (Å²) in [6.07, 6.45) is 1.41. The zero-order chi connectivity index (χ0) is 24.4. The second-order valence-electron chi connectivity index (χ2n) is 8.86. The van der Waals surface area contributed by atoms with E-state index in [9.17, 15) is 9.90 Å². The first-order valence-corrected chi connectivity index (χ1v) is 10.8. The lowest BCUT2D eigenvalue weighted by Gasteiger charge is -2.50. The van der Waals surface area contributed by atoms with Crippen LogP contribution in [0.25, 0.3) is 0 Å². The number of aromatic nitrogens is 1. The predicted octanol–water partition coefficient (Wildman–Crippen LogP) is 3.05. The third-order valence-corrected chi connectivity index (χ3v) is 6.35. The van der Waals surface area contributed by atoms with Gasteiger partial charge >= 0.3 is 0 Å². The SMILES string of the molecule is COCCN[C@]1(O)C[C@@](C)(c2cc(NC(=O)c3ccc(Cl)cn3)ccc2F)N=C(N)C1(C)C. The average Bonchev–Trinajstić information content (AvgIpc) is 2.74. The molecule has 0 spiro atoms. The van der Waals surface area contributed by atoms with Crippen molar-refractivity contribution in [2.24, 2.45) is 16.1 Å². The van der Waals surface area contributed by atoms with Gasteiger partial charge in [-0.3, -0.25) is 15.1 Å². The molecule has 1 aliphatic rings. The molecule has 1 aliphatic heterocycles. The van der Waals surface area contributed by atoms with Crippen LogP contribution in [0.4, 0.5) is 10.1 Å². The fourth-order valence-corrected chi connectivity index (χ4v) is 4.01. The van der Waals surface area contributed by atoms with E-state index in [1.807, 2.05) is 0 Å². The van der Waals surface area contributed by atoms with Crippen molar-refractivity contribution < 1.29 is 19.0 Å². The van der Waals surface area contributed by atoms with Gasteiger partial charge in [0.05, 0.1) is 22.6 Å². The molecule has 0 saturated heterocycles. The van der Waals surface area contributed by atoms with Gasteiger partial charge in [0, 0.05) is 37.5 Å². The summed E-state index contributed by atoms with van der Waals surface area (Å²) >= 11 is 5.82. The zero-order valence-electron chi connectivity index (χ0n) is 19.1. The zero-order valence-corrected chi connectivity index (χ0v) is 19.8. The molecule has 0 radical (unpaired) electrons. The van der Waals surface area contributed by atoms with Crippen LogP contribution < -0.4 is 16.4 Å². The largest absolute Gasteiger partial charge is 0.387 e. The van der Waals surface area contributed by atoms with Gasteiger partial charge in [0.2, 0.25) is 0 Å². The summed E-state index contributed by atoms with van der Waals surface area (Å²) in [5, 5.41) is 17.7. The van der Waals surface area contributed by atoms with Crippen molar-refractivity contribution in [2.45, 2.75) is 38.5 Å². The van der Waals surface area contributed by atoms with Crippen LogP contribution in [0.5, 0.6) is 0 Å². The number of carbonyl (C=O) groups is 1. The van der Waals surface area contributed by atoms with E-state index in [-0.39, 0.29) is 23.5 Å². The number of nitrogens with one attached hydrogen (secondary N) is 2. The number of amidine groups is 1. The monoisotopic (exact) mass is 477 g/mol. The number of nitrogens with two attached hydrogens (primary N) is 1. The molecule has 0 aliphatic carbocycles. The maximum atomic E-state index is 15.0. The van der Waals surface area contributed by atoms with Crippen molar-refractivity contribution >= 4 is 29.0 Å². The summed E-state index contributed by atoms with van der Waals surface area (Å²) in [6, 6.07) is 7.23. The molecule has 1 aromatic carbocycles. The maximum Gasteiger partial charge on any atom is 0.274 e. The number of anilines is 1. The number of pyridine rings is 1. The van der Waals surface area contributed by atoms with Crippen molar-refractivity contribution in [3.8, 4) is 0 Å². The van der Waals surface area contributed by atoms with Crippen molar-refractivity contribution in [3.63, 3.8) is 0 Å². The molecule has 1 amide bonds. The number of amides is 1. The Hall–Kier alpha value is -2.59. The van der Waals surface area contributed by atoms with Crippen LogP contribution in [-0.2, 0) is 10.3 Å². The fourth-order valence-electron chi connectivity index (χ4n) is 3.90. The second-order valence-corrected chi connectivity index (χ2v) is 9.30. The average molecular weight is 478 g/mol. The first-order chi connectivity index (χ1) is 15.4. The molecule has 33 heavy (non-hydrogen) atoms. The van der Waals surface area contributed by atoms with Crippen LogP contribution in [0.2, 0.25) is 5.02 Å². The Kier molecular flexibility index (Phi) is 7.09. The highest BCUT2D eigenvalue weighted by Crippen LogP contribution is 2.47. The van der Waals surface area contributed by atoms with Gasteiger partial charge in [0.25, 0.3) is 5.91 Å². The number of aliphatic imine (C=N–C) groups is 1. The van der Waals surface area contributed by atoms with Crippen LogP contribution in [0.3, 0.4) is 0 Å². The molecule has 8 nitrogen and oxygen atoms in total. The van der Waals surface area contributed by atoms with E-state index in [1.165, 1.54) is 30.5 Å². The summed E-state index contributed by atoms with van der Waals surface area (Å²) in [7, 11) is 1.56. The van der Waals surface area contributed by atoms with Crippen LogP contribution >= 0.6 is 11.6 Å². The van der Waals surface area contributed by atoms with E-state index in [0.29, 0.717) is 23.9 Å². The van der Waals surface area contributed by atoms with Gasteiger partial charge in [-0.1, -0.05) is 11.6 Å². The molecule has 0 unspecified atom stereocenters. The van der Waals surface area contributed by atoms with Gasteiger partial charge < -0.3 is 20.9 Å². The van der Waals surface area contributed by atoms with Crippen LogP contribution in [0, 0.1) is 11.2 Å². The number of benzene rings is 1. The van der Waals surface area contributed by atoms with E-state index in [2.05, 4.69) is 20.6 Å². The first kappa shape index (κ1) is 25.0. The van der Waals surface area contributed by atoms with E-state index in [0.717, 1.165) is 0 Å². The van der Waals surface area contributed by atoms with E-state index in [1.54, 1.807) is 33.9 Å². The number of nitrogens with zero attached hydrogens (tertiary/aromatic N) is 2. The second kappa shape index (κ2) is 9.34. The lowest BCUT2D eigenvalue weighted by molar-refractivity contribution is -0.0946. The predicted molar refractivity (Wildman–Crippen MR) is 126 cm³/mol. The fraction of sp³-hybridized carbons (Fsp3) is 0.435. The van der Waals surface area contributed by atoms with Crippen molar-refractivity contribution in [1.29, 1.82) is 0 Å². The minimum atomic E-state index is -1.48. The number of hydrogen-bond acceptors (Lipinski definition) is 7. The molecule has 5 N–H and O–H groups in total. The third kappa shape index (κ3) is 5.01. The molecule has 1 aromatic heterocycles. The molecule has 0 saturated carbocycles. The van der Waals surface area contributed by atoms with Crippen molar-refractivity contribution in [1.82, 2.24) is 10.3 Å². The van der Waals surface area contributed by atoms with E-state index in [4.69, 9.17) is 22.1 Å². The highest BCUT2D eigenvalue weighted by Gasteiger charge is 2.54. The first-order valence-electron chi connectivity index (χ1n) is 10.5. The number of methoxy groups -OCH3 is 1. The number of aliphatic hydroxyl groups is 1. The molecule has 10 heteroatoms. The molecule has 2 atom stereocenters. The van der Waals surface area contributed by atoms with Crippen LogP contribution in [0.1, 0.15) is 43.2 Å². The van der Waals surface area contributed by atoms with Gasteiger partial charge in [0.1, 0.15) is 23.1 Å². The van der Waals surface area contributed by atoms with E-state index < -0.39 is 28.4 Å². The summed E-state index contributed by atoms with van der Waals surface area (Å²) in [4.78, 5) is 21.1. The van der Waals surface area contributed by atoms with Gasteiger partial charge in [-0.25, -0.2) is 9.37 Å². The van der Waals surface area contributed by atoms with Crippen LogP contribution in [0.15, 0.2) is 41.5 Å². The summed E-state index contributed by atoms with van der Waals surface area (Å²) in [5.74, 6) is -0.821.